The Balaban J connectivity index is 2.67. The lowest BCUT2D eigenvalue weighted by Gasteiger charge is -2.07. The summed E-state index contributed by atoms with van der Waals surface area (Å²) in [6, 6.07) is 5.31. The van der Waals surface area contributed by atoms with Crippen LogP contribution in [0.25, 0.3) is 5.69 Å². The van der Waals surface area contributed by atoms with Crippen molar-refractivity contribution in [2.75, 3.05) is 0 Å². The number of aromatic amines is 1. The second-order valence-corrected chi connectivity index (χ2v) is 4.71. The molecule has 0 aliphatic heterocycles. The maximum Gasteiger partial charge on any atom is 0.199 e. The monoisotopic (exact) mass is 319 g/mol. The van der Waals surface area contributed by atoms with Gasteiger partial charge in [-0.3, -0.25) is 9.67 Å². The fourth-order valence-corrected chi connectivity index (χ4v) is 2.46. The standard InChI is InChI=1S/C9H7BrClN3OS/c10-6-3-5(11)1-2-7(6)14-8(4-15)12-13-9(14)16/h1-3,15H,4H2,(H,13,16). The van der Waals surface area contributed by atoms with E-state index in [-0.39, 0.29) is 6.61 Å². The molecule has 16 heavy (non-hydrogen) atoms. The molecular formula is C9H7BrClN3OS. The number of nitrogens with one attached hydrogen (secondary N) is 1. The molecule has 2 N–H and O–H groups in total. The number of nitrogens with zero attached hydrogens (tertiary/aromatic N) is 2. The summed E-state index contributed by atoms with van der Waals surface area (Å²) < 4.78 is 2.86. The summed E-state index contributed by atoms with van der Waals surface area (Å²) >= 11 is 14.3. The van der Waals surface area contributed by atoms with Crippen LogP contribution in [0.3, 0.4) is 0 Å². The Morgan fingerprint density at radius 2 is 2.31 bits per heavy atom. The first-order valence-corrected chi connectivity index (χ1v) is 5.94. The van der Waals surface area contributed by atoms with E-state index in [1.807, 2.05) is 0 Å². The van der Waals surface area contributed by atoms with Crippen molar-refractivity contribution >= 4 is 39.7 Å². The Labute approximate surface area is 110 Å². The second kappa shape index (κ2) is 4.67. The van der Waals surface area contributed by atoms with Gasteiger partial charge < -0.3 is 5.11 Å². The molecule has 4 nitrogen and oxygen atoms in total. The Morgan fingerprint density at radius 3 is 2.94 bits per heavy atom. The van der Waals surface area contributed by atoms with Crippen molar-refractivity contribution in [3.05, 3.63) is 38.3 Å². The lowest BCUT2D eigenvalue weighted by molar-refractivity contribution is 0.268. The zero-order chi connectivity index (χ0) is 11.7. The molecule has 0 unspecified atom stereocenters. The number of benzene rings is 1. The molecule has 1 aromatic carbocycles. The molecule has 0 aliphatic rings. The Morgan fingerprint density at radius 1 is 1.56 bits per heavy atom. The van der Waals surface area contributed by atoms with Gasteiger partial charge in [0.1, 0.15) is 6.61 Å². The third kappa shape index (κ3) is 2.06. The molecule has 0 radical (unpaired) electrons. The normalized spacial score (nSPS) is 10.7. The number of aromatic nitrogens is 3. The maximum atomic E-state index is 9.15. The summed E-state index contributed by atoms with van der Waals surface area (Å²) in [5.41, 5.74) is 0.784. The van der Waals surface area contributed by atoms with Crippen LogP contribution >= 0.6 is 39.7 Å². The van der Waals surface area contributed by atoms with E-state index in [1.54, 1.807) is 22.8 Å². The van der Waals surface area contributed by atoms with E-state index in [4.69, 9.17) is 28.9 Å². The van der Waals surface area contributed by atoms with E-state index < -0.39 is 0 Å². The number of aliphatic hydroxyl groups is 1. The summed E-state index contributed by atoms with van der Waals surface area (Å²) in [6.07, 6.45) is 0. The molecule has 0 aliphatic carbocycles. The van der Waals surface area contributed by atoms with E-state index in [2.05, 4.69) is 26.1 Å². The van der Waals surface area contributed by atoms with Crippen LogP contribution in [0.2, 0.25) is 5.02 Å². The van der Waals surface area contributed by atoms with Crippen molar-refractivity contribution in [3.8, 4) is 5.69 Å². The van der Waals surface area contributed by atoms with Crippen molar-refractivity contribution in [3.63, 3.8) is 0 Å². The average Bonchev–Trinajstić information content (AvgIpc) is 2.60. The van der Waals surface area contributed by atoms with E-state index in [0.29, 0.717) is 15.6 Å². The van der Waals surface area contributed by atoms with Gasteiger partial charge in [0.05, 0.1) is 5.69 Å². The van der Waals surface area contributed by atoms with Gasteiger partial charge in [0.2, 0.25) is 0 Å². The number of rotatable bonds is 2. The van der Waals surface area contributed by atoms with Crippen LogP contribution in [0, 0.1) is 4.77 Å². The molecule has 0 fully saturated rings. The van der Waals surface area contributed by atoms with Gasteiger partial charge in [-0.1, -0.05) is 11.6 Å². The first kappa shape index (κ1) is 11.8. The summed E-state index contributed by atoms with van der Waals surface area (Å²) in [5.74, 6) is 0.452. The predicted molar refractivity (Wildman–Crippen MR) is 67.4 cm³/mol. The molecule has 1 heterocycles. The van der Waals surface area contributed by atoms with E-state index in [9.17, 15) is 0 Å². The average molecular weight is 321 g/mol. The zero-order valence-electron chi connectivity index (χ0n) is 7.94. The minimum Gasteiger partial charge on any atom is -0.388 e. The molecule has 2 aromatic rings. The topological polar surface area (TPSA) is 53.8 Å². The van der Waals surface area contributed by atoms with Crippen LogP contribution in [-0.4, -0.2) is 19.9 Å². The summed E-state index contributed by atoms with van der Waals surface area (Å²) in [7, 11) is 0. The predicted octanol–water partition coefficient (Wildman–Crippen LogP) is 2.84. The Hall–Kier alpha value is -0.690. The van der Waals surface area contributed by atoms with Gasteiger partial charge in [0.15, 0.2) is 10.6 Å². The number of hydrogen-bond donors (Lipinski definition) is 2. The Bertz CT molecular complexity index is 580. The lowest BCUT2D eigenvalue weighted by Crippen LogP contribution is -2.02. The van der Waals surface area contributed by atoms with Crippen molar-refractivity contribution in [2.45, 2.75) is 6.61 Å². The highest BCUT2D eigenvalue weighted by Crippen LogP contribution is 2.25. The first-order chi connectivity index (χ1) is 7.63. The van der Waals surface area contributed by atoms with Crippen LogP contribution < -0.4 is 0 Å². The number of halogens is 2. The third-order valence-electron chi connectivity index (χ3n) is 2.03. The van der Waals surface area contributed by atoms with E-state index >= 15 is 0 Å². The maximum absolute atomic E-state index is 9.15. The van der Waals surface area contributed by atoms with Gasteiger partial charge in [-0.25, -0.2) is 0 Å². The SMILES string of the molecule is OCc1n[nH]c(=S)n1-c1ccc(Cl)cc1Br. The summed E-state index contributed by atoms with van der Waals surface area (Å²) in [4.78, 5) is 0. The third-order valence-corrected chi connectivity index (χ3v) is 3.18. The lowest BCUT2D eigenvalue weighted by atomic mass is 10.3. The smallest absolute Gasteiger partial charge is 0.199 e. The minimum absolute atomic E-state index is 0.192. The molecule has 0 bridgehead atoms. The largest absolute Gasteiger partial charge is 0.388 e. The van der Waals surface area contributed by atoms with Crippen LogP contribution in [0.15, 0.2) is 22.7 Å². The minimum atomic E-state index is -0.192. The molecule has 0 atom stereocenters. The molecule has 1 aromatic heterocycles. The van der Waals surface area contributed by atoms with E-state index in [1.165, 1.54) is 0 Å². The summed E-state index contributed by atoms with van der Waals surface area (Å²) in [6.45, 7) is -0.192. The van der Waals surface area contributed by atoms with E-state index in [0.717, 1.165) is 10.2 Å². The van der Waals surface area contributed by atoms with Gasteiger partial charge in [0, 0.05) is 9.50 Å². The van der Waals surface area contributed by atoms with Crippen LogP contribution in [0.1, 0.15) is 5.82 Å². The van der Waals surface area contributed by atoms with Crippen molar-refractivity contribution in [1.82, 2.24) is 14.8 Å². The highest BCUT2D eigenvalue weighted by Gasteiger charge is 2.10. The van der Waals surface area contributed by atoms with Gasteiger partial charge in [-0.05, 0) is 46.3 Å². The molecule has 0 spiro atoms. The molecule has 0 saturated heterocycles. The van der Waals surface area contributed by atoms with Crippen molar-refractivity contribution in [1.29, 1.82) is 0 Å². The van der Waals surface area contributed by atoms with Crippen molar-refractivity contribution in [2.24, 2.45) is 0 Å². The first-order valence-electron chi connectivity index (χ1n) is 4.36. The molecule has 0 saturated carbocycles. The van der Waals surface area contributed by atoms with Crippen molar-refractivity contribution < 1.29 is 5.11 Å². The number of hydrogen-bond acceptors (Lipinski definition) is 3. The number of aliphatic hydroxyl groups excluding tert-OH is 1. The molecule has 7 heteroatoms. The fraction of sp³-hybridized carbons (Fsp3) is 0.111. The molecular weight excluding hydrogens is 314 g/mol. The molecule has 2 rings (SSSR count). The Kier molecular flexibility index (Phi) is 3.44. The van der Waals surface area contributed by atoms with Gasteiger partial charge >= 0.3 is 0 Å². The van der Waals surface area contributed by atoms with Crippen LogP contribution in [0.4, 0.5) is 0 Å². The number of H-pyrrole nitrogens is 1. The zero-order valence-corrected chi connectivity index (χ0v) is 11.1. The molecule has 84 valence electrons. The van der Waals surface area contributed by atoms with Gasteiger partial charge in [-0.2, -0.15) is 5.10 Å². The van der Waals surface area contributed by atoms with Crippen LogP contribution in [0.5, 0.6) is 0 Å². The van der Waals surface area contributed by atoms with Gasteiger partial charge in [-0.15, -0.1) is 0 Å². The van der Waals surface area contributed by atoms with Gasteiger partial charge in [0.25, 0.3) is 0 Å². The van der Waals surface area contributed by atoms with Crippen LogP contribution in [-0.2, 0) is 6.61 Å². The summed E-state index contributed by atoms with van der Waals surface area (Å²) in [5, 5.41) is 16.3. The quantitative estimate of drug-likeness (QED) is 0.837. The highest BCUT2D eigenvalue weighted by molar-refractivity contribution is 9.10. The second-order valence-electron chi connectivity index (χ2n) is 3.03. The highest BCUT2D eigenvalue weighted by atomic mass is 79.9. The molecule has 0 amide bonds. The fourth-order valence-electron chi connectivity index (χ4n) is 1.35.